The van der Waals surface area contributed by atoms with E-state index < -0.39 is 0 Å². The van der Waals surface area contributed by atoms with Gasteiger partial charge in [-0.25, -0.2) is 0 Å². The van der Waals surface area contributed by atoms with Crippen LogP contribution in [0.2, 0.25) is 0 Å². The first-order valence-electron chi connectivity index (χ1n) is 8.76. The predicted molar refractivity (Wildman–Crippen MR) is 99.2 cm³/mol. The number of carbonyl (C=O) groups is 1. The van der Waals surface area contributed by atoms with E-state index >= 15 is 0 Å². The van der Waals surface area contributed by atoms with E-state index in [1.165, 1.54) is 0 Å². The minimum Gasteiger partial charge on any atom is -0.496 e. The van der Waals surface area contributed by atoms with Gasteiger partial charge in [0.1, 0.15) is 11.4 Å². The Balaban J connectivity index is 1.87. The molecule has 1 aliphatic heterocycles. The summed E-state index contributed by atoms with van der Waals surface area (Å²) in [7, 11) is 1.64. The van der Waals surface area contributed by atoms with Gasteiger partial charge in [-0.05, 0) is 59.2 Å². The number of likely N-dealkylation sites (tertiary alicyclic amines) is 1. The molecule has 1 aromatic carbocycles. The zero-order valence-electron chi connectivity index (χ0n) is 16.0. The van der Waals surface area contributed by atoms with Crippen LogP contribution < -0.4 is 4.74 Å². The number of nitrogens with one attached hydrogen (secondary N) is 1. The van der Waals surface area contributed by atoms with Gasteiger partial charge in [-0.2, -0.15) is 0 Å². The van der Waals surface area contributed by atoms with Crippen LogP contribution in [-0.2, 0) is 4.74 Å². The number of methoxy groups -OCH3 is 1. The molecule has 0 saturated carbocycles. The van der Waals surface area contributed by atoms with E-state index in [-0.39, 0.29) is 23.2 Å². The molecule has 1 amide bonds. The van der Waals surface area contributed by atoms with E-state index in [9.17, 15) is 4.79 Å². The third-order valence-corrected chi connectivity index (χ3v) is 4.68. The number of amides is 1. The molecule has 0 spiro atoms. The SMILES string of the molecule is COc1cccc2[nH]c(C(=O)N3CC(OC(C)(C)C)CC3(C)C)cc12. The van der Waals surface area contributed by atoms with Gasteiger partial charge < -0.3 is 19.4 Å². The molecule has 2 aromatic rings. The highest BCUT2D eigenvalue weighted by atomic mass is 16.5. The molecule has 25 heavy (non-hydrogen) atoms. The number of aromatic nitrogens is 1. The lowest BCUT2D eigenvalue weighted by atomic mass is 10.0. The number of benzene rings is 1. The summed E-state index contributed by atoms with van der Waals surface area (Å²) in [5.41, 5.74) is 1.04. The molecule has 1 saturated heterocycles. The van der Waals surface area contributed by atoms with Crippen LogP contribution in [0.4, 0.5) is 0 Å². The number of fused-ring (bicyclic) bond motifs is 1. The fourth-order valence-electron chi connectivity index (χ4n) is 3.69. The smallest absolute Gasteiger partial charge is 0.270 e. The predicted octanol–water partition coefficient (Wildman–Crippen LogP) is 3.98. The van der Waals surface area contributed by atoms with Crippen LogP contribution in [-0.4, -0.2) is 46.7 Å². The van der Waals surface area contributed by atoms with Crippen molar-refractivity contribution in [3.63, 3.8) is 0 Å². The third-order valence-electron chi connectivity index (χ3n) is 4.68. The molecule has 3 rings (SSSR count). The van der Waals surface area contributed by atoms with Crippen molar-refractivity contribution >= 4 is 16.8 Å². The lowest BCUT2D eigenvalue weighted by Gasteiger charge is -2.30. The molecular weight excluding hydrogens is 316 g/mol. The molecule has 5 heteroatoms. The molecule has 0 radical (unpaired) electrons. The van der Waals surface area contributed by atoms with Crippen LogP contribution in [0.25, 0.3) is 10.9 Å². The first-order valence-corrected chi connectivity index (χ1v) is 8.76. The second kappa shape index (κ2) is 6.06. The first-order chi connectivity index (χ1) is 11.6. The van der Waals surface area contributed by atoms with Crippen LogP contribution in [0.1, 0.15) is 51.5 Å². The zero-order chi connectivity index (χ0) is 18.4. The Bertz CT molecular complexity index is 786. The van der Waals surface area contributed by atoms with Crippen LogP contribution >= 0.6 is 0 Å². The summed E-state index contributed by atoms with van der Waals surface area (Å²) in [5, 5.41) is 0.924. The van der Waals surface area contributed by atoms with Gasteiger partial charge in [0.2, 0.25) is 0 Å². The molecule has 1 aromatic heterocycles. The highest BCUT2D eigenvalue weighted by Gasteiger charge is 2.43. The summed E-state index contributed by atoms with van der Waals surface area (Å²) in [6.45, 7) is 11.0. The van der Waals surface area contributed by atoms with E-state index in [4.69, 9.17) is 9.47 Å². The summed E-state index contributed by atoms with van der Waals surface area (Å²) in [6.07, 6.45) is 0.886. The monoisotopic (exact) mass is 344 g/mol. The van der Waals surface area contributed by atoms with E-state index in [1.54, 1.807) is 7.11 Å². The third kappa shape index (κ3) is 3.52. The molecular formula is C20H28N2O3. The molecule has 1 aliphatic rings. The number of aromatic amines is 1. The Morgan fingerprint density at radius 1 is 1.32 bits per heavy atom. The highest BCUT2D eigenvalue weighted by molar-refractivity contribution is 6.00. The molecule has 5 nitrogen and oxygen atoms in total. The molecule has 1 fully saturated rings. The van der Waals surface area contributed by atoms with E-state index in [2.05, 4.69) is 39.6 Å². The number of nitrogens with zero attached hydrogens (tertiary/aromatic N) is 1. The maximum atomic E-state index is 13.1. The lowest BCUT2D eigenvalue weighted by molar-refractivity contribution is -0.0538. The molecule has 1 N–H and O–H groups in total. The van der Waals surface area contributed by atoms with Crippen molar-refractivity contribution in [2.75, 3.05) is 13.7 Å². The number of rotatable bonds is 3. The van der Waals surface area contributed by atoms with Crippen LogP contribution in [0.5, 0.6) is 5.75 Å². The van der Waals surface area contributed by atoms with E-state index in [0.29, 0.717) is 12.2 Å². The van der Waals surface area contributed by atoms with Crippen molar-refractivity contribution in [3.8, 4) is 5.75 Å². The number of hydrogen-bond donors (Lipinski definition) is 1. The van der Waals surface area contributed by atoms with Crippen LogP contribution in [0.15, 0.2) is 24.3 Å². The fraction of sp³-hybridized carbons (Fsp3) is 0.550. The second-order valence-corrected chi connectivity index (χ2v) is 8.39. The zero-order valence-corrected chi connectivity index (χ0v) is 16.0. The minimum absolute atomic E-state index is 0.00302. The quantitative estimate of drug-likeness (QED) is 0.916. The van der Waals surface area contributed by atoms with Crippen LogP contribution in [0.3, 0.4) is 0 Å². The number of H-pyrrole nitrogens is 1. The first kappa shape index (κ1) is 17.8. The van der Waals surface area contributed by atoms with Gasteiger partial charge in [0.15, 0.2) is 0 Å². The molecule has 0 bridgehead atoms. The highest BCUT2D eigenvalue weighted by Crippen LogP contribution is 2.34. The summed E-state index contributed by atoms with van der Waals surface area (Å²) in [6, 6.07) is 7.65. The molecule has 136 valence electrons. The minimum atomic E-state index is -0.242. The maximum absolute atomic E-state index is 13.1. The van der Waals surface area contributed by atoms with E-state index in [1.807, 2.05) is 29.2 Å². The van der Waals surface area contributed by atoms with Gasteiger partial charge in [-0.15, -0.1) is 0 Å². The normalized spacial score (nSPS) is 20.2. The Labute approximate surface area is 149 Å². The van der Waals surface area contributed by atoms with Crippen molar-refractivity contribution in [1.29, 1.82) is 0 Å². The van der Waals surface area contributed by atoms with Crippen molar-refractivity contribution in [1.82, 2.24) is 9.88 Å². The summed E-state index contributed by atoms with van der Waals surface area (Å²) in [4.78, 5) is 18.3. The number of hydrogen-bond acceptors (Lipinski definition) is 3. The average molecular weight is 344 g/mol. The van der Waals surface area contributed by atoms with E-state index in [0.717, 1.165) is 23.1 Å². The van der Waals surface area contributed by atoms with Crippen molar-refractivity contribution < 1.29 is 14.3 Å². The largest absolute Gasteiger partial charge is 0.496 e. The Kier molecular flexibility index (Phi) is 4.31. The van der Waals surface area contributed by atoms with Gasteiger partial charge in [0, 0.05) is 23.0 Å². The number of carbonyl (C=O) groups excluding carboxylic acids is 1. The second-order valence-electron chi connectivity index (χ2n) is 8.39. The topological polar surface area (TPSA) is 54.6 Å². The Morgan fingerprint density at radius 3 is 2.68 bits per heavy atom. The van der Waals surface area contributed by atoms with Gasteiger partial charge in [0.05, 0.1) is 18.8 Å². The lowest BCUT2D eigenvalue weighted by Crippen LogP contribution is -2.43. The summed E-state index contributed by atoms with van der Waals surface area (Å²) in [5.74, 6) is 0.769. The van der Waals surface area contributed by atoms with Crippen molar-refractivity contribution in [2.24, 2.45) is 0 Å². The maximum Gasteiger partial charge on any atom is 0.270 e. The van der Waals surface area contributed by atoms with Gasteiger partial charge in [0.25, 0.3) is 5.91 Å². The van der Waals surface area contributed by atoms with Gasteiger partial charge in [-0.1, -0.05) is 6.07 Å². The summed E-state index contributed by atoms with van der Waals surface area (Å²) >= 11 is 0. The van der Waals surface area contributed by atoms with Crippen LogP contribution in [0, 0.1) is 0 Å². The molecule has 1 unspecified atom stereocenters. The van der Waals surface area contributed by atoms with Crippen molar-refractivity contribution in [2.45, 2.75) is 58.3 Å². The van der Waals surface area contributed by atoms with Gasteiger partial charge >= 0.3 is 0 Å². The molecule has 0 aliphatic carbocycles. The Hall–Kier alpha value is -2.01. The summed E-state index contributed by atoms with van der Waals surface area (Å²) < 4.78 is 11.5. The van der Waals surface area contributed by atoms with Crippen molar-refractivity contribution in [3.05, 3.63) is 30.0 Å². The standard InChI is InChI=1S/C20H28N2O3/c1-19(2,3)25-13-11-20(4,5)22(12-13)18(23)16-10-14-15(21-16)8-7-9-17(14)24-6/h7-10,13,21H,11-12H2,1-6H3. The molecule has 2 heterocycles. The Morgan fingerprint density at radius 2 is 2.04 bits per heavy atom. The van der Waals surface area contributed by atoms with Gasteiger partial charge in [-0.3, -0.25) is 4.79 Å². The number of ether oxygens (including phenoxy) is 2. The fourth-order valence-corrected chi connectivity index (χ4v) is 3.69. The molecule has 1 atom stereocenters. The average Bonchev–Trinajstić information content (AvgIpc) is 3.04.